The quantitative estimate of drug-likeness (QED) is 0.586. The summed E-state index contributed by atoms with van der Waals surface area (Å²) in [4.78, 5) is 1.11. The zero-order valence-corrected chi connectivity index (χ0v) is 9.01. The molecule has 0 spiro atoms. The molecule has 2 N–H and O–H groups in total. The third kappa shape index (κ3) is 1.50. The van der Waals surface area contributed by atoms with Crippen molar-refractivity contribution >= 4 is 50.3 Å². The third-order valence-corrected chi connectivity index (χ3v) is 3.82. The van der Waals surface area contributed by atoms with Crippen LogP contribution in [0.25, 0.3) is 10.1 Å². The molecule has 0 fully saturated rings. The first-order valence-corrected chi connectivity index (χ1v) is 5.47. The van der Waals surface area contributed by atoms with Crippen LogP contribution in [0.5, 0.6) is 0 Å². The van der Waals surface area contributed by atoms with E-state index in [9.17, 15) is 0 Å². The van der Waals surface area contributed by atoms with E-state index in [4.69, 9.17) is 28.9 Å². The van der Waals surface area contributed by atoms with Crippen LogP contribution in [0.1, 0.15) is 4.88 Å². The fourth-order valence-corrected chi connectivity index (χ4v) is 2.65. The lowest BCUT2D eigenvalue weighted by Gasteiger charge is -1.97. The fourth-order valence-electron chi connectivity index (χ4n) is 1.21. The van der Waals surface area contributed by atoms with Gasteiger partial charge in [0, 0.05) is 15.0 Å². The summed E-state index contributed by atoms with van der Waals surface area (Å²) in [5, 5.41) is 1.63. The van der Waals surface area contributed by atoms with Gasteiger partial charge in [0.05, 0.1) is 16.6 Å². The van der Waals surface area contributed by atoms with Crippen LogP contribution in [0.3, 0.4) is 0 Å². The Morgan fingerprint density at radius 3 is 2.85 bits per heavy atom. The van der Waals surface area contributed by atoms with E-state index in [1.165, 1.54) is 0 Å². The molecule has 0 saturated heterocycles. The van der Waals surface area contributed by atoms with Crippen LogP contribution < -0.4 is 5.73 Å². The van der Waals surface area contributed by atoms with Crippen molar-refractivity contribution in [2.75, 3.05) is 5.73 Å². The molecule has 0 atom stereocenters. The molecule has 0 aliphatic carbocycles. The lowest BCUT2D eigenvalue weighted by Crippen LogP contribution is -1.84. The molecule has 0 unspecified atom stereocenters. The van der Waals surface area contributed by atoms with Crippen molar-refractivity contribution in [2.24, 2.45) is 0 Å². The molecule has 1 aromatic heterocycles. The smallest absolute Gasteiger partial charge is 0.0722 e. The number of hydrogen-bond donors (Lipinski definition) is 1. The Labute approximate surface area is 90.1 Å². The molecule has 2 aromatic rings. The highest BCUT2D eigenvalue weighted by Gasteiger charge is 2.06. The lowest BCUT2D eigenvalue weighted by atomic mass is 10.2. The summed E-state index contributed by atoms with van der Waals surface area (Å²) >= 11 is 13.4. The highest BCUT2D eigenvalue weighted by atomic mass is 35.5. The highest BCUT2D eigenvalue weighted by Crippen LogP contribution is 2.35. The number of halogens is 2. The van der Waals surface area contributed by atoms with Crippen LogP contribution in [-0.4, -0.2) is 0 Å². The SMILES string of the molecule is Nc1ccc2sc(CCl)cc2c1Cl. The Kier molecular flexibility index (Phi) is 2.37. The largest absolute Gasteiger partial charge is 0.398 e. The number of anilines is 1. The molecule has 1 aromatic carbocycles. The summed E-state index contributed by atoms with van der Waals surface area (Å²) in [5.41, 5.74) is 6.29. The molecule has 0 aliphatic heterocycles. The fraction of sp³-hybridized carbons (Fsp3) is 0.111. The number of thiophene rings is 1. The average Bonchev–Trinajstić information content (AvgIpc) is 2.55. The molecule has 0 amide bonds. The van der Waals surface area contributed by atoms with Gasteiger partial charge in [-0.1, -0.05) is 11.6 Å². The van der Waals surface area contributed by atoms with E-state index in [2.05, 4.69) is 0 Å². The maximum Gasteiger partial charge on any atom is 0.0722 e. The Bertz CT molecular complexity index is 450. The number of fused-ring (bicyclic) bond motifs is 1. The molecule has 13 heavy (non-hydrogen) atoms. The summed E-state index contributed by atoms with van der Waals surface area (Å²) in [5.74, 6) is 0.523. The number of hydrogen-bond acceptors (Lipinski definition) is 2. The van der Waals surface area contributed by atoms with E-state index in [-0.39, 0.29) is 0 Å². The number of alkyl halides is 1. The number of nitrogens with two attached hydrogens (primary N) is 1. The second kappa shape index (κ2) is 3.37. The minimum Gasteiger partial charge on any atom is -0.398 e. The first-order valence-electron chi connectivity index (χ1n) is 3.74. The monoisotopic (exact) mass is 231 g/mol. The van der Waals surface area contributed by atoms with Gasteiger partial charge in [-0.2, -0.15) is 0 Å². The minimum atomic E-state index is 0.523. The van der Waals surface area contributed by atoms with Crippen LogP contribution in [0.4, 0.5) is 5.69 Å². The Morgan fingerprint density at radius 1 is 1.38 bits per heavy atom. The molecule has 0 radical (unpaired) electrons. The molecule has 1 heterocycles. The van der Waals surface area contributed by atoms with E-state index in [0.29, 0.717) is 16.6 Å². The molecule has 68 valence electrons. The van der Waals surface area contributed by atoms with E-state index in [1.54, 1.807) is 11.3 Å². The van der Waals surface area contributed by atoms with Gasteiger partial charge in [-0.3, -0.25) is 0 Å². The first-order chi connectivity index (χ1) is 6.22. The summed E-state index contributed by atoms with van der Waals surface area (Å²) in [6.45, 7) is 0. The van der Waals surface area contributed by atoms with Crippen LogP contribution >= 0.6 is 34.5 Å². The van der Waals surface area contributed by atoms with Gasteiger partial charge >= 0.3 is 0 Å². The van der Waals surface area contributed by atoms with Crippen LogP contribution in [0.15, 0.2) is 18.2 Å². The number of rotatable bonds is 1. The Balaban J connectivity index is 2.76. The van der Waals surface area contributed by atoms with E-state index >= 15 is 0 Å². The van der Waals surface area contributed by atoms with E-state index in [1.807, 2.05) is 18.2 Å². The van der Waals surface area contributed by atoms with Crippen LogP contribution in [0, 0.1) is 0 Å². The maximum absolute atomic E-state index is 6.03. The van der Waals surface area contributed by atoms with Crippen molar-refractivity contribution in [1.29, 1.82) is 0 Å². The Hall–Kier alpha value is -0.440. The predicted molar refractivity (Wildman–Crippen MR) is 60.8 cm³/mol. The molecular formula is C9H7Cl2NS. The van der Waals surface area contributed by atoms with Gasteiger partial charge in [0.15, 0.2) is 0 Å². The van der Waals surface area contributed by atoms with Gasteiger partial charge in [-0.25, -0.2) is 0 Å². The van der Waals surface area contributed by atoms with Crippen LogP contribution in [-0.2, 0) is 5.88 Å². The normalized spacial score (nSPS) is 10.9. The second-order valence-corrected chi connectivity index (χ2v) is 4.54. The van der Waals surface area contributed by atoms with Crippen LogP contribution in [0.2, 0.25) is 5.02 Å². The van der Waals surface area contributed by atoms with Gasteiger partial charge in [-0.05, 0) is 18.2 Å². The molecule has 0 bridgehead atoms. The van der Waals surface area contributed by atoms with Crippen molar-refractivity contribution in [3.8, 4) is 0 Å². The zero-order valence-electron chi connectivity index (χ0n) is 6.68. The van der Waals surface area contributed by atoms with Crippen molar-refractivity contribution in [2.45, 2.75) is 5.88 Å². The summed E-state index contributed by atoms with van der Waals surface area (Å²) < 4.78 is 1.13. The number of nitrogen functional groups attached to an aromatic ring is 1. The van der Waals surface area contributed by atoms with Gasteiger partial charge < -0.3 is 5.73 Å². The third-order valence-electron chi connectivity index (χ3n) is 1.85. The van der Waals surface area contributed by atoms with Crippen molar-refractivity contribution in [3.05, 3.63) is 28.1 Å². The van der Waals surface area contributed by atoms with E-state index < -0.39 is 0 Å². The van der Waals surface area contributed by atoms with Gasteiger partial charge in [0.1, 0.15) is 0 Å². The molecule has 1 nitrogen and oxygen atoms in total. The molecule has 2 rings (SSSR count). The lowest BCUT2D eigenvalue weighted by molar-refractivity contribution is 1.54. The summed E-state index contributed by atoms with van der Waals surface area (Å²) in [6.07, 6.45) is 0. The number of benzene rings is 1. The first kappa shape index (κ1) is 9.13. The Morgan fingerprint density at radius 2 is 2.15 bits per heavy atom. The molecule has 0 saturated carbocycles. The second-order valence-electron chi connectivity index (χ2n) is 2.73. The molecular weight excluding hydrogens is 225 g/mol. The van der Waals surface area contributed by atoms with Gasteiger partial charge in [0.2, 0.25) is 0 Å². The van der Waals surface area contributed by atoms with Crippen molar-refractivity contribution < 1.29 is 0 Å². The predicted octanol–water partition coefficient (Wildman–Crippen LogP) is 3.88. The maximum atomic E-state index is 6.03. The summed E-state index contributed by atoms with van der Waals surface area (Å²) in [6, 6.07) is 5.78. The molecule has 0 aliphatic rings. The minimum absolute atomic E-state index is 0.523. The average molecular weight is 232 g/mol. The standard InChI is InChI=1S/C9H7Cl2NS/c10-4-5-3-6-8(13-5)2-1-7(12)9(6)11/h1-3H,4,12H2. The zero-order chi connectivity index (χ0) is 9.42. The van der Waals surface area contributed by atoms with Gasteiger partial charge in [-0.15, -0.1) is 22.9 Å². The highest BCUT2D eigenvalue weighted by molar-refractivity contribution is 7.19. The molecule has 4 heteroatoms. The summed E-state index contributed by atoms with van der Waals surface area (Å²) in [7, 11) is 0. The topological polar surface area (TPSA) is 26.0 Å². The van der Waals surface area contributed by atoms with E-state index in [0.717, 1.165) is 15.0 Å². The van der Waals surface area contributed by atoms with Gasteiger partial charge in [0.25, 0.3) is 0 Å². The van der Waals surface area contributed by atoms with Crippen molar-refractivity contribution in [3.63, 3.8) is 0 Å². The van der Waals surface area contributed by atoms with Crippen molar-refractivity contribution in [1.82, 2.24) is 0 Å².